The largest absolute Gasteiger partial charge is 0.455 e. The predicted octanol–water partition coefficient (Wildman–Crippen LogP) is 4.43. The van der Waals surface area contributed by atoms with Crippen molar-refractivity contribution in [2.45, 2.75) is 13.8 Å². The van der Waals surface area contributed by atoms with E-state index < -0.39 is 17.2 Å². The van der Waals surface area contributed by atoms with Crippen molar-refractivity contribution in [2.75, 3.05) is 5.32 Å². The summed E-state index contributed by atoms with van der Waals surface area (Å²) in [6.45, 7) is 3.45. The van der Waals surface area contributed by atoms with Gasteiger partial charge in [0, 0.05) is 23.6 Å². The first-order chi connectivity index (χ1) is 15.4. The van der Waals surface area contributed by atoms with E-state index in [9.17, 15) is 14.0 Å². The molecule has 0 atom stereocenters. The van der Waals surface area contributed by atoms with Crippen LogP contribution in [-0.2, 0) is 0 Å². The minimum Gasteiger partial charge on any atom is -0.455 e. The summed E-state index contributed by atoms with van der Waals surface area (Å²) < 4.78 is 21.2. The Balaban J connectivity index is 1.59. The number of hydrogen-bond donors (Lipinski definition) is 1. The van der Waals surface area contributed by atoms with Gasteiger partial charge in [0.2, 0.25) is 5.43 Å². The van der Waals surface area contributed by atoms with Crippen LogP contribution in [0.2, 0.25) is 0 Å². The number of anilines is 1. The maximum atomic E-state index is 14.2. The number of carbonyl (C=O) groups excluding carboxylic acids is 1. The van der Waals surface area contributed by atoms with Crippen LogP contribution in [0.1, 0.15) is 21.7 Å². The monoisotopic (exact) mass is 430 g/mol. The van der Waals surface area contributed by atoms with E-state index in [-0.39, 0.29) is 11.4 Å². The molecule has 32 heavy (non-hydrogen) atoms. The van der Waals surface area contributed by atoms with E-state index in [1.807, 2.05) is 6.92 Å². The molecule has 0 unspecified atom stereocenters. The molecular weight excluding hydrogens is 411 g/mol. The first kappa shape index (κ1) is 20.9. The molecule has 0 aliphatic carbocycles. The Morgan fingerprint density at radius 2 is 1.88 bits per heavy atom. The fraction of sp³-hybridized carbons (Fsp3) is 0.0833. The number of halogens is 1. The molecule has 7 nitrogen and oxygen atoms in total. The van der Waals surface area contributed by atoms with Gasteiger partial charge in [-0.2, -0.15) is 5.10 Å². The predicted molar refractivity (Wildman–Crippen MR) is 118 cm³/mol. The van der Waals surface area contributed by atoms with Gasteiger partial charge in [-0.15, -0.1) is 0 Å². The van der Waals surface area contributed by atoms with Crippen LogP contribution < -0.4 is 15.5 Å². The molecule has 0 aliphatic heterocycles. The Morgan fingerprint density at radius 3 is 2.59 bits per heavy atom. The number of carbonyl (C=O) groups is 1. The molecule has 0 saturated heterocycles. The van der Waals surface area contributed by atoms with Crippen LogP contribution in [0.4, 0.5) is 10.1 Å². The van der Waals surface area contributed by atoms with E-state index in [0.717, 1.165) is 5.56 Å². The van der Waals surface area contributed by atoms with Crippen molar-refractivity contribution in [1.82, 2.24) is 14.8 Å². The van der Waals surface area contributed by atoms with Gasteiger partial charge < -0.3 is 10.1 Å². The molecule has 8 heteroatoms. The number of nitrogens with one attached hydrogen (secondary N) is 1. The van der Waals surface area contributed by atoms with Crippen LogP contribution >= 0.6 is 0 Å². The smallest absolute Gasteiger partial charge is 0.280 e. The van der Waals surface area contributed by atoms with Crippen LogP contribution in [0.15, 0.2) is 77.9 Å². The zero-order valence-electron chi connectivity index (χ0n) is 17.4. The second kappa shape index (κ2) is 8.81. The maximum Gasteiger partial charge on any atom is 0.280 e. The Labute approximate surface area is 183 Å². The van der Waals surface area contributed by atoms with E-state index in [1.165, 1.54) is 22.9 Å². The van der Waals surface area contributed by atoms with Crippen LogP contribution in [-0.4, -0.2) is 20.7 Å². The highest BCUT2D eigenvalue weighted by Gasteiger charge is 2.17. The molecule has 0 bridgehead atoms. The molecule has 2 heterocycles. The molecule has 4 aromatic rings. The molecule has 1 amide bonds. The lowest BCUT2D eigenvalue weighted by molar-refractivity contribution is 0.101. The lowest BCUT2D eigenvalue weighted by Crippen LogP contribution is -2.27. The molecule has 0 aliphatic rings. The Kier molecular flexibility index (Phi) is 5.76. The summed E-state index contributed by atoms with van der Waals surface area (Å²) in [5.41, 5.74) is 0.891. The summed E-state index contributed by atoms with van der Waals surface area (Å²) in [4.78, 5) is 29.2. The summed E-state index contributed by atoms with van der Waals surface area (Å²) in [5.74, 6) is -0.0188. The number of para-hydroxylation sites is 1. The number of pyridine rings is 1. The fourth-order valence-electron chi connectivity index (χ4n) is 3.14. The third-order valence-electron chi connectivity index (χ3n) is 4.70. The maximum absolute atomic E-state index is 14.2. The van der Waals surface area contributed by atoms with Crippen molar-refractivity contribution in [3.63, 3.8) is 0 Å². The average molecular weight is 430 g/mol. The van der Waals surface area contributed by atoms with Gasteiger partial charge in [0.25, 0.3) is 5.91 Å². The third-order valence-corrected chi connectivity index (χ3v) is 4.70. The number of nitrogens with zero attached hydrogens (tertiary/aromatic N) is 3. The Morgan fingerprint density at radius 1 is 1.06 bits per heavy atom. The van der Waals surface area contributed by atoms with E-state index in [1.54, 1.807) is 61.8 Å². The number of benzene rings is 2. The van der Waals surface area contributed by atoms with Gasteiger partial charge in [0.1, 0.15) is 23.0 Å². The summed E-state index contributed by atoms with van der Waals surface area (Å²) >= 11 is 0. The zero-order chi connectivity index (χ0) is 22.7. The van der Waals surface area contributed by atoms with Crippen LogP contribution in [0, 0.1) is 19.7 Å². The van der Waals surface area contributed by atoms with E-state index in [2.05, 4.69) is 15.4 Å². The summed E-state index contributed by atoms with van der Waals surface area (Å²) in [6.07, 6.45) is 3.25. The molecule has 2 aromatic heterocycles. The van der Waals surface area contributed by atoms with Gasteiger partial charge in [0.15, 0.2) is 5.69 Å². The highest BCUT2D eigenvalue weighted by Crippen LogP contribution is 2.27. The molecule has 4 rings (SSSR count). The minimum absolute atomic E-state index is 0.145. The Bertz CT molecular complexity index is 1350. The van der Waals surface area contributed by atoms with Gasteiger partial charge in [-0.3, -0.25) is 14.6 Å². The molecule has 0 spiro atoms. The number of ether oxygens (including phenoxy) is 1. The van der Waals surface area contributed by atoms with Gasteiger partial charge in [-0.1, -0.05) is 12.1 Å². The first-order valence-corrected chi connectivity index (χ1v) is 9.78. The van der Waals surface area contributed by atoms with E-state index in [4.69, 9.17) is 4.74 Å². The normalized spacial score (nSPS) is 10.6. The van der Waals surface area contributed by atoms with Crippen molar-refractivity contribution in [1.29, 1.82) is 0 Å². The number of rotatable bonds is 5. The number of aryl methyl sites for hydroxylation is 2. The van der Waals surface area contributed by atoms with Crippen LogP contribution in [0.25, 0.3) is 5.69 Å². The molecular formula is C24H19FN4O3. The zero-order valence-corrected chi connectivity index (χ0v) is 17.4. The van der Waals surface area contributed by atoms with E-state index >= 15 is 0 Å². The number of hydrogen-bond acceptors (Lipinski definition) is 5. The molecule has 0 saturated carbocycles. The highest BCUT2D eigenvalue weighted by atomic mass is 19.1. The topological polar surface area (TPSA) is 86.1 Å². The summed E-state index contributed by atoms with van der Waals surface area (Å²) in [5, 5.41) is 6.78. The lowest BCUT2D eigenvalue weighted by atomic mass is 10.2. The van der Waals surface area contributed by atoms with Gasteiger partial charge in [0.05, 0.1) is 6.20 Å². The highest BCUT2D eigenvalue weighted by molar-refractivity contribution is 6.02. The molecule has 1 N–H and O–H groups in total. The fourth-order valence-corrected chi connectivity index (χ4v) is 3.14. The molecule has 2 aromatic carbocycles. The second-order valence-electron chi connectivity index (χ2n) is 7.09. The van der Waals surface area contributed by atoms with Crippen LogP contribution in [0.3, 0.4) is 0 Å². The Hall–Kier alpha value is -4.33. The number of amides is 1. The van der Waals surface area contributed by atoms with Crippen molar-refractivity contribution in [3.8, 4) is 17.2 Å². The average Bonchev–Trinajstić information content (AvgIpc) is 2.77. The van der Waals surface area contributed by atoms with Gasteiger partial charge in [-0.25, -0.2) is 9.07 Å². The van der Waals surface area contributed by atoms with Crippen LogP contribution in [0.5, 0.6) is 11.5 Å². The van der Waals surface area contributed by atoms with Crippen molar-refractivity contribution in [2.24, 2.45) is 0 Å². The minimum atomic E-state index is -0.694. The van der Waals surface area contributed by atoms with Gasteiger partial charge in [-0.05, 0) is 61.9 Å². The lowest BCUT2D eigenvalue weighted by Gasteiger charge is -2.13. The van der Waals surface area contributed by atoms with Crippen molar-refractivity contribution >= 4 is 11.6 Å². The first-order valence-electron chi connectivity index (χ1n) is 9.78. The standard InChI is InChI=1S/C24H19FN4O3/c1-15-12-17(9-10-22(15)32-18-6-5-11-26-14-18)27-24(31)23-21(30)13-16(2)29(28-23)20-8-4-3-7-19(20)25/h3-14H,1-2H3,(H,27,31). The van der Waals surface area contributed by atoms with E-state index in [0.29, 0.717) is 22.9 Å². The molecule has 0 radical (unpaired) electrons. The van der Waals surface area contributed by atoms with Gasteiger partial charge >= 0.3 is 0 Å². The van der Waals surface area contributed by atoms with Crippen molar-refractivity contribution in [3.05, 3.63) is 106 Å². The summed E-state index contributed by atoms with van der Waals surface area (Å²) in [6, 6.07) is 15.9. The molecule has 0 fully saturated rings. The van der Waals surface area contributed by atoms with Crippen molar-refractivity contribution < 1.29 is 13.9 Å². The second-order valence-corrected chi connectivity index (χ2v) is 7.09. The number of aromatic nitrogens is 3. The quantitative estimate of drug-likeness (QED) is 0.506. The molecule has 160 valence electrons. The SMILES string of the molecule is Cc1cc(NC(=O)c2nn(-c3ccccc3F)c(C)cc2=O)ccc1Oc1cccnc1. The summed E-state index contributed by atoms with van der Waals surface area (Å²) in [7, 11) is 0. The third kappa shape index (κ3) is 4.39.